The number of rotatable bonds is 7. The lowest BCUT2D eigenvalue weighted by Gasteiger charge is -2.30. The Balaban J connectivity index is 1.55. The van der Waals surface area contributed by atoms with Crippen molar-refractivity contribution in [2.75, 3.05) is 6.61 Å². The standard InChI is InChI=1S/C27H30N2O5/c1-2-22-23(26(31)33-17-18-10-5-3-6-11-18)24(29-27(32)28-22)20-14-9-15-21(16-20)34-25(30)19-12-7-4-8-13-19/h4,7-9,12-16,18,24H,2-3,5-6,10-11,17H2,1H3,(H2,28,29,32). The van der Waals surface area contributed by atoms with E-state index in [4.69, 9.17) is 9.47 Å². The lowest BCUT2D eigenvalue weighted by atomic mass is 9.90. The SMILES string of the molecule is CCC1=C(C(=O)OCC2CCCCC2)C(c2cccc(OC(=O)c3ccccc3)c2)NC(=O)N1. The van der Waals surface area contributed by atoms with Gasteiger partial charge < -0.3 is 20.1 Å². The van der Waals surface area contributed by atoms with Gasteiger partial charge in [0.25, 0.3) is 0 Å². The largest absolute Gasteiger partial charge is 0.462 e. The Morgan fingerprint density at radius 1 is 0.971 bits per heavy atom. The molecular formula is C27H30N2O5. The molecule has 0 saturated heterocycles. The maximum atomic E-state index is 13.2. The second-order valence-corrected chi connectivity index (χ2v) is 8.71. The molecule has 1 aliphatic heterocycles. The summed E-state index contributed by atoms with van der Waals surface area (Å²) in [5, 5.41) is 5.58. The van der Waals surface area contributed by atoms with E-state index < -0.39 is 24.0 Å². The van der Waals surface area contributed by atoms with Gasteiger partial charge in [-0.25, -0.2) is 14.4 Å². The van der Waals surface area contributed by atoms with Crippen molar-refractivity contribution in [3.05, 3.63) is 77.0 Å². The van der Waals surface area contributed by atoms with Gasteiger partial charge in [0, 0.05) is 5.70 Å². The fraction of sp³-hybridized carbons (Fsp3) is 0.370. The van der Waals surface area contributed by atoms with Crippen LogP contribution >= 0.6 is 0 Å². The molecule has 2 aromatic rings. The summed E-state index contributed by atoms with van der Waals surface area (Å²) in [4.78, 5) is 38.0. The van der Waals surface area contributed by atoms with E-state index in [1.54, 1.807) is 48.5 Å². The molecule has 7 heteroatoms. The molecule has 1 saturated carbocycles. The van der Waals surface area contributed by atoms with Crippen LogP contribution in [-0.2, 0) is 9.53 Å². The number of carbonyl (C=O) groups is 3. The van der Waals surface area contributed by atoms with Gasteiger partial charge in [0.1, 0.15) is 5.75 Å². The first-order chi connectivity index (χ1) is 16.5. The zero-order valence-electron chi connectivity index (χ0n) is 19.3. The molecule has 0 radical (unpaired) electrons. The molecule has 2 amide bonds. The fourth-order valence-corrected chi connectivity index (χ4v) is 4.51. The first kappa shape index (κ1) is 23.5. The number of carbonyl (C=O) groups excluding carboxylic acids is 3. The monoisotopic (exact) mass is 462 g/mol. The number of hydrogen-bond donors (Lipinski definition) is 2. The second kappa shape index (κ2) is 11.0. The van der Waals surface area contributed by atoms with Crippen LogP contribution in [0.3, 0.4) is 0 Å². The minimum Gasteiger partial charge on any atom is -0.462 e. The average molecular weight is 463 g/mol. The number of urea groups is 1. The molecule has 0 aromatic heterocycles. The highest BCUT2D eigenvalue weighted by Gasteiger charge is 2.34. The summed E-state index contributed by atoms with van der Waals surface area (Å²) in [6, 6.07) is 14.5. The van der Waals surface area contributed by atoms with E-state index >= 15 is 0 Å². The smallest absolute Gasteiger partial charge is 0.343 e. The zero-order valence-corrected chi connectivity index (χ0v) is 19.3. The molecule has 2 aromatic carbocycles. The van der Waals surface area contributed by atoms with Crippen molar-refractivity contribution in [1.29, 1.82) is 0 Å². The molecule has 34 heavy (non-hydrogen) atoms. The van der Waals surface area contributed by atoms with Crippen molar-refractivity contribution in [2.45, 2.75) is 51.5 Å². The maximum absolute atomic E-state index is 13.2. The lowest BCUT2D eigenvalue weighted by Crippen LogP contribution is -2.46. The van der Waals surface area contributed by atoms with Gasteiger partial charge in [0.2, 0.25) is 0 Å². The van der Waals surface area contributed by atoms with E-state index in [-0.39, 0.29) is 0 Å². The van der Waals surface area contributed by atoms with E-state index in [0.29, 0.717) is 47.1 Å². The van der Waals surface area contributed by atoms with E-state index in [2.05, 4.69) is 10.6 Å². The third-order valence-corrected chi connectivity index (χ3v) is 6.31. The van der Waals surface area contributed by atoms with Gasteiger partial charge in [-0.1, -0.05) is 56.5 Å². The summed E-state index contributed by atoms with van der Waals surface area (Å²) >= 11 is 0. The number of hydrogen-bond acceptors (Lipinski definition) is 5. The van der Waals surface area contributed by atoms with Crippen LogP contribution in [0.4, 0.5) is 4.79 Å². The predicted molar refractivity (Wildman–Crippen MR) is 127 cm³/mol. The molecule has 178 valence electrons. The highest BCUT2D eigenvalue weighted by molar-refractivity contribution is 5.95. The third-order valence-electron chi connectivity index (χ3n) is 6.31. The minimum atomic E-state index is -0.710. The van der Waals surface area contributed by atoms with E-state index in [0.717, 1.165) is 12.8 Å². The van der Waals surface area contributed by atoms with Gasteiger partial charge in [0.05, 0.1) is 23.8 Å². The Hall–Kier alpha value is -3.61. The van der Waals surface area contributed by atoms with E-state index in [1.807, 2.05) is 13.0 Å². The molecule has 1 heterocycles. The first-order valence-corrected chi connectivity index (χ1v) is 11.9. The number of benzene rings is 2. The number of nitrogens with one attached hydrogen (secondary N) is 2. The van der Waals surface area contributed by atoms with E-state index in [9.17, 15) is 14.4 Å². The van der Waals surface area contributed by atoms with Crippen LogP contribution in [-0.4, -0.2) is 24.6 Å². The zero-order chi connectivity index (χ0) is 23.9. The van der Waals surface area contributed by atoms with Crippen molar-refractivity contribution < 1.29 is 23.9 Å². The summed E-state index contributed by atoms with van der Waals surface area (Å²) < 4.78 is 11.3. The summed E-state index contributed by atoms with van der Waals surface area (Å²) in [6.07, 6.45) is 6.18. The number of esters is 2. The van der Waals surface area contributed by atoms with Crippen LogP contribution in [0.2, 0.25) is 0 Å². The molecule has 1 fully saturated rings. The van der Waals surface area contributed by atoms with Crippen molar-refractivity contribution in [2.24, 2.45) is 5.92 Å². The van der Waals surface area contributed by atoms with Crippen LogP contribution in [0.5, 0.6) is 5.75 Å². The Kier molecular flexibility index (Phi) is 7.62. The summed E-state index contributed by atoms with van der Waals surface area (Å²) in [5.41, 5.74) is 1.98. The molecule has 1 unspecified atom stereocenters. The Morgan fingerprint density at radius 3 is 2.47 bits per heavy atom. The molecule has 7 nitrogen and oxygen atoms in total. The van der Waals surface area contributed by atoms with Crippen LogP contribution in [0, 0.1) is 5.92 Å². The number of allylic oxidation sites excluding steroid dienone is 1. The average Bonchev–Trinajstić information content (AvgIpc) is 2.88. The van der Waals surface area contributed by atoms with Crippen LogP contribution < -0.4 is 15.4 Å². The lowest BCUT2D eigenvalue weighted by molar-refractivity contribution is -0.141. The first-order valence-electron chi connectivity index (χ1n) is 11.9. The highest BCUT2D eigenvalue weighted by Crippen LogP contribution is 2.32. The molecule has 1 atom stereocenters. The Bertz CT molecular complexity index is 1070. The quantitative estimate of drug-likeness (QED) is 0.444. The van der Waals surface area contributed by atoms with Gasteiger partial charge in [-0.2, -0.15) is 0 Å². The predicted octanol–water partition coefficient (Wildman–Crippen LogP) is 5.05. The van der Waals surface area contributed by atoms with Crippen molar-refractivity contribution >= 4 is 18.0 Å². The van der Waals surface area contributed by atoms with Crippen LogP contribution in [0.25, 0.3) is 0 Å². The molecular weight excluding hydrogens is 432 g/mol. The highest BCUT2D eigenvalue weighted by atomic mass is 16.5. The molecule has 2 N–H and O–H groups in total. The Morgan fingerprint density at radius 2 is 1.74 bits per heavy atom. The maximum Gasteiger partial charge on any atom is 0.343 e. The molecule has 0 spiro atoms. The third kappa shape index (κ3) is 5.65. The van der Waals surface area contributed by atoms with Crippen molar-refractivity contribution in [3.8, 4) is 5.75 Å². The van der Waals surface area contributed by atoms with Gasteiger partial charge in [-0.15, -0.1) is 0 Å². The van der Waals surface area contributed by atoms with Gasteiger partial charge in [-0.3, -0.25) is 0 Å². The second-order valence-electron chi connectivity index (χ2n) is 8.71. The van der Waals surface area contributed by atoms with Crippen LogP contribution in [0.1, 0.15) is 67.4 Å². The number of amides is 2. The van der Waals surface area contributed by atoms with Gasteiger partial charge in [0.15, 0.2) is 0 Å². The van der Waals surface area contributed by atoms with Gasteiger partial charge >= 0.3 is 18.0 Å². The molecule has 2 aliphatic rings. The summed E-state index contributed by atoms with van der Waals surface area (Å²) in [5.74, 6) is -0.212. The summed E-state index contributed by atoms with van der Waals surface area (Å²) in [7, 11) is 0. The number of ether oxygens (including phenoxy) is 2. The normalized spacial score (nSPS) is 18.6. The minimum absolute atomic E-state index is 0.326. The van der Waals surface area contributed by atoms with E-state index in [1.165, 1.54) is 19.3 Å². The van der Waals surface area contributed by atoms with Crippen LogP contribution in [0.15, 0.2) is 65.9 Å². The van der Waals surface area contributed by atoms with Gasteiger partial charge in [-0.05, 0) is 55.0 Å². The Labute approximate surface area is 199 Å². The van der Waals surface area contributed by atoms with Crippen molar-refractivity contribution in [1.82, 2.24) is 10.6 Å². The van der Waals surface area contributed by atoms with Crippen molar-refractivity contribution in [3.63, 3.8) is 0 Å². The molecule has 1 aliphatic carbocycles. The topological polar surface area (TPSA) is 93.7 Å². The molecule has 4 rings (SSSR count). The fourth-order valence-electron chi connectivity index (χ4n) is 4.51. The molecule has 0 bridgehead atoms. The summed E-state index contributed by atoms with van der Waals surface area (Å²) in [6.45, 7) is 2.26.